The van der Waals surface area contributed by atoms with Gasteiger partial charge in [0.2, 0.25) is 0 Å². The zero-order chi connectivity index (χ0) is 15.6. The molecule has 5 heteroatoms. The van der Waals surface area contributed by atoms with Crippen molar-refractivity contribution in [3.8, 4) is 5.75 Å². The molecule has 0 aromatic heterocycles. The second kappa shape index (κ2) is 6.06. The zero-order valence-electron chi connectivity index (χ0n) is 12.2. The van der Waals surface area contributed by atoms with Gasteiger partial charge in [-0.3, -0.25) is 4.79 Å². The van der Waals surface area contributed by atoms with Crippen LogP contribution in [0.4, 0.5) is 11.4 Å². The third kappa shape index (κ3) is 3.28. The molecule has 1 amide bonds. The largest absolute Gasteiger partial charge is 0.495 e. The van der Waals surface area contributed by atoms with Crippen LogP contribution in [0.25, 0.3) is 0 Å². The molecular weight excluding hydrogens is 288 g/mol. The highest BCUT2D eigenvalue weighted by molar-refractivity contribution is 6.31. The summed E-state index contributed by atoms with van der Waals surface area (Å²) in [5.74, 6) is 0.296. The minimum absolute atomic E-state index is 0.224. The second-order valence-electron chi connectivity index (χ2n) is 4.83. The van der Waals surface area contributed by atoms with Crippen molar-refractivity contribution >= 4 is 28.9 Å². The molecular formula is C16H17ClN2O2. The third-order valence-electron chi connectivity index (χ3n) is 3.26. The second-order valence-corrected chi connectivity index (χ2v) is 5.23. The van der Waals surface area contributed by atoms with E-state index in [1.807, 2.05) is 13.8 Å². The number of amides is 1. The molecule has 0 unspecified atom stereocenters. The predicted molar refractivity (Wildman–Crippen MR) is 86.3 cm³/mol. The first-order chi connectivity index (χ1) is 9.92. The molecule has 2 aromatic rings. The normalized spacial score (nSPS) is 10.3. The highest BCUT2D eigenvalue weighted by Gasteiger charge is 2.12. The molecule has 2 rings (SSSR count). The first-order valence-electron chi connectivity index (χ1n) is 6.44. The molecule has 0 atom stereocenters. The van der Waals surface area contributed by atoms with Gasteiger partial charge in [0.25, 0.3) is 5.91 Å². The topological polar surface area (TPSA) is 64.3 Å². The van der Waals surface area contributed by atoms with E-state index in [1.54, 1.807) is 30.3 Å². The standard InChI is InChI=1S/C16H17ClN2O2/c1-9-7-14(15(21-3)8-12(9)17)19-16(20)11-4-5-13(18)10(2)6-11/h4-8H,18H2,1-3H3,(H,19,20). The van der Waals surface area contributed by atoms with Crippen LogP contribution < -0.4 is 15.8 Å². The number of nitrogen functional groups attached to an aromatic ring is 1. The van der Waals surface area contributed by atoms with Crippen molar-refractivity contribution in [2.75, 3.05) is 18.2 Å². The van der Waals surface area contributed by atoms with Crippen LogP contribution in [0.2, 0.25) is 5.02 Å². The molecule has 0 aliphatic carbocycles. The van der Waals surface area contributed by atoms with E-state index in [4.69, 9.17) is 22.1 Å². The minimum atomic E-state index is -0.224. The Bertz CT molecular complexity index is 699. The molecule has 0 spiro atoms. The number of rotatable bonds is 3. The number of nitrogens with one attached hydrogen (secondary N) is 1. The molecule has 110 valence electrons. The summed E-state index contributed by atoms with van der Waals surface area (Å²) in [5, 5.41) is 3.42. The number of hydrogen-bond donors (Lipinski definition) is 2. The van der Waals surface area contributed by atoms with Crippen LogP contribution in [0, 0.1) is 13.8 Å². The van der Waals surface area contributed by atoms with Gasteiger partial charge >= 0.3 is 0 Å². The monoisotopic (exact) mass is 304 g/mol. The van der Waals surface area contributed by atoms with E-state index in [2.05, 4.69) is 5.32 Å². The fourth-order valence-electron chi connectivity index (χ4n) is 1.94. The zero-order valence-corrected chi connectivity index (χ0v) is 12.9. The smallest absolute Gasteiger partial charge is 0.255 e. The first kappa shape index (κ1) is 15.2. The third-order valence-corrected chi connectivity index (χ3v) is 3.67. The Hall–Kier alpha value is -2.20. The van der Waals surface area contributed by atoms with Gasteiger partial charge in [-0.15, -0.1) is 0 Å². The molecule has 0 saturated heterocycles. The lowest BCUT2D eigenvalue weighted by atomic mass is 10.1. The molecule has 0 bridgehead atoms. The van der Waals surface area contributed by atoms with E-state index < -0.39 is 0 Å². The number of hydrogen-bond acceptors (Lipinski definition) is 3. The van der Waals surface area contributed by atoms with Crippen LogP contribution in [-0.2, 0) is 0 Å². The lowest BCUT2D eigenvalue weighted by molar-refractivity contribution is 0.102. The maximum atomic E-state index is 12.3. The summed E-state index contributed by atoms with van der Waals surface area (Å²) in [6.07, 6.45) is 0. The Morgan fingerprint density at radius 2 is 1.90 bits per heavy atom. The number of benzene rings is 2. The van der Waals surface area contributed by atoms with Gasteiger partial charge in [0.05, 0.1) is 12.8 Å². The molecule has 0 fully saturated rings. The van der Waals surface area contributed by atoms with Crippen molar-refractivity contribution in [3.63, 3.8) is 0 Å². The Morgan fingerprint density at radius 1 is 1.19 bits per heavy atom. The van der Waals surface area contributed by atoms with Gasteiger partial charge in [-0.2, -0.15) is 0 Å². The van der Waals surface area contributed by atoms with Crippen molar-refractivity contribution in [3.05, 3.63) is 52.0 Å². The lowest BCUT2D eigenvalue weighted by Gasteiger charge is -2.12. The Morgan fingerprint density at radius 3 is 2.52 bits per heavy atom. The molecule has 4 nitrogen and oxygen atoms in total. The summed E-state index contributed by atoms with van der Waals surface area (Å²) in [6, 6.07) is 8.62. The van der Waals surface area contributed by atoms with Gasteiger partial charge in [-0.25, -0.2) is 0 Å². The highest BCUT2D eigenvalue weighted by atomic mass is 35.5. The first-order valence-corrected chi connectivity index (χ1v) is 6.81. The van der Waals surface area contributed by atoms with Crippen molar-refractivity contribution in [2.45, 2.75) is 13.8 Å². The molecule has 0 radical (unpaired) electrons. The maximum absolute atomic E-state index is 12.3. The van der Waals surface area contributed by atoms with Crippen molar-refractivity contribution in [1.29, 1.82) is 0 Å². The quantitative estimate of drug-likeness (QED) is 0.848. The number of ether oxygens (including phenoxy) is 1. The van der Waals surface area contributed by atoms with Crippen LogP contribution in [-0.4, -0.2) is 13.0 Å². The molecule has 21 heavy (non-hydrogen) atoms. The van der Waals surface area contributed by atoms with E-state index in [-0.39, 0.29) is 5.91 Å². The molecule has 0 aliphatic heterocycles. The Labute approximate surface area is 128 Å². The Balaban J connectivity index is 2.31. The molecule has 0 saturated carbocycles. The highest BCUT2D eigenvalue weighted by Crippen LogP contribution is 2.31. The van der Waals surface area contributed by atoms with Crippen LogP contribution in [0.15, 0.2) is 30.3 Å². The summed E-state index contributed by atoms with van der Waals surface area (Å²) in [6.45, 7) is 3.73. The number of halogens is 1. The van der Waals surface area contributed by atoms with E-state index in [1.165, 1.54) is 7.11 Å². The van der Waals surface area contributed by atoms with Gasteiger partial charge in [0.15, 0.2) is 0 Å². The van der Waals surface area contributed by atoms with E-state index >= 15 is 0 Å². The fourth-order valence-corrected chi connectivity index (χ4v) is 2.09. The summed E-state index contributed by atoms with van der Waals surface area (Å²) >= 11 is 6.05. The average molecular weight is 305 g/mol. The van der Waals surface area contributed by atoms with Gasteiger partial charge < -0.3 is 15.8 Å². The van der Waals surface area contributed by atoms with Crippen LogP contribution in [0.1, 0.15) is 21.5 Å². The van der Waals surface area contributed by atoms with Crippen LogP contribution in [0.3, 0.4) is 0 Å². The van der Waals surface area contributed by atoms with E-state index in [0.29, 0.717) is 27.7 Å². The average Bonchev–Trinajstić information content (AvgIpc) is 2.45. The Kier molecular flexibility index (Phi) is 4.38. The van der Waals surface area contributed by atoms with E-state index in [0.717, 1.165) is 11.1 Å². The summed E-state index contributed by atoms with van der Waals surface area (Å²) < 4.78 is 5.24. The summed E-state index contributed by atoms with van der Waals surface area (Å²) in [7, 11) is 1.53. The van der Waals surface area contributed by atoms with Crippen molar-refractivity contribution in [1.82, 2.24) is 0 Å². The fraction of sp³-hybridized carbons (Fsp3) is 0.188. The van der Waals surface area contributed by atoms with Gasteiger partial charge in [-0.1, -0.05) is 11.6 Å². The van der Waals surface area contributed by atoms with E-state index in [9.17, 15) is 4.79 Å². The van der Waals surface area contributed by atoms with Crippen LogP contribution >= 0.6 is 11.6 Å². The molecule has 0 aliphatic rings. The minimum Gasteiger partial charge on any atom is -0.495 e. The van der Waals surface area contributed by atoms with Gasteiger partial charge in [-0.05, 0) is 49.2 Å². The number of methoxy groups -OCH3 is 1. The van der Waals surface area contributed by atoms with Crippen LogP contribution in [0.5, 0.6) is 5.75 Å². The lowest BCUT2D eigenvalue weighted by Crippen LogP contribution is -2.13. The summed E-state index contributed by atoms with van der Waals surface area (Å²) in [5.41, 5.74) is 9.26. The number of carbonyl (C=O) groups excluding carboxylic acids is 1. The predicted octanol–water partition coefficient (Wildman–Crippen LogP) is 3.80. The number of nitrogens with two attached hydrogens (primary N) is 1. The van der Waals surface area contributed by atoms with Gasteiger partial charge in [0, 0.05) is 22.3 Å². The SMILES string of the molecule is COc1cc(Cl)c(C)cc1NC(=O)c1ccc(N)c(C)c1. The number of aryl methyl sites for hydroxylation is 2. The number of carbonyl (C=O) groups is 1. The summed E-state index contributed by atoms with van der Waals surface area (Å²) in [4.78, 5) is 12.3. The molecule has 0 heterocycles. The maximum Gasteiger partial charge on any atom is 0.255 e. The molecule has 2 aromatic carbocycles. The van der Waals surface area contributed by atoms with Crippen molar-refractivity contribution < 1.29 is 9.53 Å². The van der Waals surface area contributed by atoms with Crippen molar-refractivity contribution in [2.24, 2.45) is 0 Å². The number of anilines is 2. The van der Waals surface area contributed by atoms with Gasteiger partial charge in [0.1, 0.15) is 5.75 Å². The molecule has 3 N–H and O–H groups in total.